The van der Waals surface area contributed by atoms with Crippen molar-refractivity contribution in [2.75, 3.05) is 33.4 Å². The Morgan fingerprint density at radius 1 is 1.30 bits per heavy atom. The van der Waals surface area contributed by atoms with Crippen molar-refractivity contribution < 1.29 is 9.47 Å². The maximum Gasteiger partial charge on any atom is 0.119 e. The van der Waals surface area contributed by atoms with Gasteiger partial charge in [0.1, 0.15) is 5.75 Å². The van der Waals surface area contributed by atoms with Crippen LogP contribution in [0, 0.1) is 0 Å². The van der Waals surface area contributed by atoms with E-state index in [2.05, 4.69) is 24.1 Å². The number of hydrogen-bond acceptors (Lipinski definition) is 4. The standard InChI is InChI=1S/C16H28N2O2/c1-5-19-15-8-6-7-14(11-15)16(12-17)18(4)9-10-20-13(2)3/h6-8,11,13,16H,5,9-10,12,17H2,1-4H3. The van der Waals surface area contributed by atoms with Gasteiger partial charge in [-0.25, -0.2) is 0 Å². The van der Waals surface area contributed by atoms with Crippen LogP contribution >= 0.6 is 0 Å². The van der Waals surface area contributed by atoms with E-state index < -0.39 is 0 Å². The fourth-order valence-electron chi connectivity index (χ4n) is 2.14. The van der Waals surface area contributed by atoms with E-state index in [4.69, 9.17) is 15.2 Å². The summed E-state index contributed by atoms with van der Waals surface area (Å²) >= 11 is 0. The van der Waals surface area contributed by atoms with Gasteiger partial charge in [-0.15, -0.1) is 0 Å². The van der Waals surface area contributed by atoms with Gasteiger partial charge in [0.15, 0.2) is 0 Å². The number of rotatable bonds is 9. The minimum Gasteiger partial charge on any atom is -0.494 e. The minimum atomic E-state index is 0.186. The average molecular weight is 280 g/mol. The number of nitrogens with zero attached hydrogens (tertiary/aromatic N) is 1. The van der Waals surface area contributed by atoms with Crippen LogP contribution in [0.4, 0.5) is 0 Å². The van der Waals surface area contributed by atoms with Gasteiger partial charge >= 0.3 is 0 Å². The van der Waals surface area contributed by atoms with Crippen molar-refractivity contribution in [1.82, 2.24) is 4.90 Å². The van der Waals surface area contributed by atoms with E-state index in [1.807, 2.05) is 32.9 Å². The quantitative estimate of drug-likeness (QED) is 0.755. The molecule has 0 amide bonds. The molecule has 0 saturated carbocycles. The average Bonchev–Trinajstić information content (AvgIpc) is 2.40. The zero-order valence-electron chi connectivity index (χ0n) is 13.1. The summed E-state index contributed by atoms with van der Waals surface area (Å²) in [6.45, 7) is 8.91. The van der Waals surface area contributed by atoms with Crippen molar-refractivity contribution in [3.05, 3.63) is 29.8 Å². The Morgan fingerprint density at radius 2 is 2.05 bits per heavy atom. The lowest BCUT2D eigenvalue weighted by Gasteiger charge is -2.27. The van der Waals surface area contributed by atoms with Crippen LogP contribution in [-0.4, -0.2) is 44.4 Å². The van der Waals surface area contributed by atoms with E-state index in [9.17, 15) is 0 Å². The third-order valence-electron chi connectivity index (χ3n) is 3.20. The molecule has 4 nitrogen and oxygen atoms in total. The van der Waals surface area contributed by atoms with Gasteiger partial charge in [-0.2, -0.15) is 0 Å². The van der Waals surface area contributed by atoms with Crippen LogP contribution in [0.5, 0.6) is 5.75 Å². The first-order chi connectivity index (χ1) is 9.58. The third kappa shape index (κ3) is 5.49. The van der Waals surface area contributed by atoms with Crippen LogP contribution in [0.3, 0.4) is 0 Å². The van der Waals surface area contributed by atoms with Gasteiger partial charge in [-0.3, -0.25) is 4.90 Å². The Morgan fingerprint density at radius 3 is 2.65 bits per heavy atom. The second-order valence-corrected chi connectivity index (χ2v) is 5.16. The van der Waals surface area contributed by atoms with Crippen molar-refractivity contribution in [3.63, 3.8) is 0 Å². The molecule has 0 aliphatic heterocycles. The van der Waals surface area contributed by atoms with Crippen molar-refractivity contribution in [2.45, 2.75) is 32.9 Å². The molecule has 1 aromatic carbocycles. The number of likely N-dealkylation sites (N-methyl/N-ethyl adjacent to an activating group) is 1. The molecule has 2 N–H and O–H groups in total. The summed E-state index contributed by atoms with van der Waals surface area (Å²) in [6, 6.07) is 8.34. The van der Waals surface area contributed by atoms with Crippen LogP contribution in [0.1, 0.15) is 32.4 Å². The molecule has 0 saturated heterocycles. The number of benzene rings is 1. The topological polar surface area (TPSA) is 47.7 Å². The highest BCUT2D eigenvalue weighted by Gasteiger charge is 2.16. The Hall–Kier alpha value is -1.10. The van der Waals surface area contributed by atoms with Gasteiger partial charge in [-0.1, -0.05) is 12.1 Å². The van der Waals surface area contributed by atoms with Crippen LogP contribution in [0.2, 0.25) is 0 Å². The summed E-state index contributed by atoms with van der Waals surface area (Å²) in [6.07, 6.45) is 0.265. The first kappa shape index (κ1) is 17.0. The maximum atomic E-state index is 5.94. The molecule has 1 atom stereocenters. The van der Waals surface area contributed by atoms with Gasteiger partial charge in [0, 0.05) is 19.1 Å². The summed E-state index contributed by atoms with van der Waals surface area (Å²) in [4.78, 5) is 2.23. The van der Waals surface area contributed by atoms with Crippen LogP contribution < -0.4 is 10.5 Å². The van der Waals surface area contributed by atoms with E-state index in [1.54, 1.807) is 0 Å². The Kier molecular flexibility index (Phi) is 7.59. The van der Waals surface area contributed by atoms with E-state index in [1.165, 1.54) is 5.56 Å². The van der Waals surface area contributed by atoms with Gasteiger partial charge in [0.25, 0.3) is 0 Å². The Balaban J connectivity index is 2.66. The van der Waals surface area contributed by atoms with Crippen molar-refractivity contribution >= 4 is 0 Å². The lowest BCUT2D eigenvalue weighted by Crippen LogP contribution is -2.33. The monoisotopic (exact) mass is 280 g/mol. The lowest BCUT2D eigenvalue weighted by molar-refractivity contribution is 0.0564. The van der Waals surface area contributed by atoms with Gasteiger partial charge in [0.05, 0.1) is 19.3 Å². The highest BCUT2D eigenvalue weighted by Crippen LogP contribution is 2.22. The van der Waals surface area contributed by atoms with Gasteiger partial charge < -0.3 is 15.2 Å². The second-order valence-electron chi connectivity index (χ2n) is 5.16. The summed E-state index contributed by atoms with van der Waals surface area (Å²) in [5, 5.41) is 0. The maximum absolute atomic E-state index is 5.94. The molecule has 114 valence electrons. The van der Waals surface area contributed by atoms with Gasteiger partial charge in [0.2, 0.25) is 0 Å². The number of ether oxygens (including phenoxy) is 2. The first-order valence-electron chi connectivity index (χ1n) is 7.33. The first-order valence-corrected chi connectivity index (χ1v) is 7.33. The second kappa shape index (κ2) is 8.95. The summed E-state index contributed by atoms with van der Waals surface area (Å²) in [5.41, 5.74) is 7.12. The summed E-state index contributed by atoms with van der Waals surface area (Å²) in [7, 11) is 2.08. The van der Waals surface area contributed by atoms with E-state index in [-0.39, 0.29) is 12.1 Å². The molecule has 0 fully saturated rings. The Bertz CT molecular complexity index is 382. The van der Waals surface area contributed by atoms with Crippen molar-refractivity contribution in [2.24, 2.45) is 5.73 Å². The van der Waals surface area contributed by atoms with Crippen LogP contribution in [0.15, 0.2) is 24.3 Å². The van der Waals surface area contributed by atoms with E-state index in [0.29, 0.717) is 13.2 Å². The third-order valence-corrected chi connectivity index (χ3v) is 3.20. The van der Waals surface area contributed by atoms with Gasteiger partial charge in [-0.05, 0) is 45.5 Å². The lowest BCUT2D eigenvalue weighted by atomic mass is 10.1. The molecule has 0 radical (unpaired) electrons. The highest BCUT2D eigenvalue weighted by molar-refractivity contribution is 5.30. The molecular weight excluding hydrogens is 252 g/mol. The van der Waals surface area contributed by atoms with E-state index in [0.717, 1.165) is 18.9 Å². The zero-order valence-corrected chi connectivity index (χ0v) is 13.1. The van der Waals surface area contributed by atoms with Crippen molar-refractivity contribution in [3.8, 4) is 5.75 Å². The molecule has 0 heterocycles. The normalized spacial score (nSPS) is 12.9. The molecule has 1 aromatic rings. The smallest absolute Gasteiger partial charge is 0.119 e. The van der Waals surface area contributed by atoms with Crippen molar-refractivity contribution in [1.29, 1.82) is 0 Å². The molecule has 0 aromatic heterocycles. The van der Waals surface area contributed by atoms with Crippen LogP contribution in [0.25, 0.3) is 0 Å². The number of nitrogens with two attached hydrogens (primary N) is 1. The molecule has 1 unspecified atom stereocenters. The molecular formula is C16H28N2O2. The summed E-state index contributed by atoms with van der Waals surface area (Å²) in [5.74, 6) is 0.898. The SMILES string of the molecule is CCOc1cccc(C(CN)N(C)CCOC(C)C)c1. The molecule has 1 rings (SSSR count). The number of hydrogen-bond donors (Lipinski definition) is 1. The Labute approximate surface area is 122 Å². The fourth-order valence-corrected chi connectivity index (χ4v) is 2.14. The predicted octanol–water partition coefficient (Wildman–Crippen LogP) is 2.44. The zero-order chi connectivity index (χ0) is 15.0. The molecule has 4 heteroatoms. The molecule has 0 spiro atoms. The minimum absolute atomic E-state index is 0.186. The highest BCUT2D eigenvalue weighted by atomic mass is 16.5. The largest absolute Gasteiger partial charge is 0.494 e. The molecule has 20 heavy (non-hydrogen) atoms. The van der Waals surface area contributed by atoms with Crippen LogP contribution in [-0.2, 0) is 4.74 Å². The fraction of sp³-hybridized carbons (Fsp3) is 0.625. The predicted molar refractivity (Wildman–Crippen MR) is 83.1 cm³/mol. The van der Waals surface area contributed by atoms with E-state index >= 15 is 0 Å². The summed E-state index contributed by atoms with van der Waals surface area (Å²) < 4.78 is 11.1. The molecule has 0 aliphatic carbocycles. The molecule has 0 aliphatic rings. The molecule has 0 bridgehead atoms.